The SMILES string of the molecule is CCCCCCOCC(N)(C(=O)OCC)C1CC1. The Labute approximate surface area is 110 Å². The van der Waals surface area contributed by atoms with Crippen molar-refractivity contribution in [3.8, 4) is 0 Å². The molecule has 0 heterocycles. The van der Waals surface area contributed by atoms with Gasteiger partial charge in [0.05, 0.1) is 13.2 Å². The van der Waals surface area contributed by atoms with Crippen LogP contribution >= 0.6 is 0 Å². The van der Waals surface area contributed by atoms with Crippen molar-refractivity contribution in [2.45, 2.75) is 57.9 Å². The Kier molecular flexibility index (Phi) is 6.65. The number of esters is 1. The minimum Gasteiger partial charge on any atom is -0.465 e. The average Bonchev–Trinajstić information content (AvgIpc) is 3.18. The first kappa shape index (κ1) is 15.4. The molecule has 4 heteroatoms. The third kappa shape index (κ3) is 4.58. The molecule has 0 spiro atoms. The van der Waals surface area contributed by atoms with Crippen LogP contribution < -0.4 is 5.73 Å². The number of nitrogens with two attached hydrogens (primary N) is 1. The smallest absolute Gasteiger partial charge is 0.328 e. The highest BCUT2D eigenvalue weighted by molar-refractivity contribution is 5.81. The summed E-state index contributed by atoms with van der Waals surface area (Å²) >= 11 is 0. The number of unbranched alkanes of at least 4 members (excludes halogenated alkanes) is 3. The van der Waals surface area contributed by atoms with E-state index in [0.29, 0.717) is 19.8 Å². The Morgan fingerprint density at radius 2 is 2.00 bits per heavy atom. The molecule has 1 rings (SSSR count). The molecule has 0 saturated heterocycles. The second-order valence-corrected chi connectivity index (χ2v) is 5.15. The summed E-state index contributed by atoms with van der Waals surface area (Å²) in [5.74, 6) is -0.0618. The minimum absolute atomic E-state index is 0.243. The van der Waals surface area contributed by atoms with E-state index in [-0.39, 0.29) is 11.9 Å². The zero-order valence-corrected chi connectivity index (χ0v) is 11.7. The van der Waals surface area contributed by atoms with Crippen molar-refractivity contribution < 1.29 is 14.3 Å². The molecular formula is C14H27NO3. The zero-order valence-electron chi connectivity index (χ0n) is 11.7. The number of hydrogen-bond donors (Lipinski definition) is 1. The maximum absolute atomic E-state index is 11.9. The number of hydrogen-bond acceptors (Lipinski definition) is 4. The molecule has 106 valence electrons. The average molecular weight is 257 g/mol. The molecule has 4 nitrogen and oxygen atoms in total. The van der Waals surface area contributed by atoms with E-state index in [2.05, 4.69) is 6.92 Å². The highest BCUT2D eigenvalue weighted by atomic mass is 16.5. The Hall–Kier alpha value is -0.610. The summed E-state index contributed by atoms with van der Waals surface area (Å²) in [6.45, 7) is 5.34. The molecule has 1 unspecified atom stereocenters. The molecule has 2 N–H and O–H groups in total. The lowest BCUT2D eigenvalue weighted by atomic mass is 9.96. The van der Waals surface area contributed by atoms with Gasteiger partial charge >= 0.3 is 5.97 Å². The lowest BCUT2D eigenvalue weighted by Gasteiger charge is -2.26. The Morgan fingerprint density at radius 1 is 1.28 bits per heavy atom. The minimum atomic E-state index is -0.916. The molecular weight excluding hydrogens is 230 g/mol. The predicted octanol–water partition coefficient (Wildman–Crippen LogP) is 2.25. The van der Waals surface area contributed by atoms with Crippen LogP contribution in [-0.2, 0) is 14.3 Å². The fourth-order valence-electron chi connectivity index (χ4n) is 2.08. The van der Waals surface area contributed by atoms with E-state index >= 15 is 0 Å². The Morgan fingerprint density at radius 3 is 2.56 bits per heavy atom. The summed E-state index contributed by atoms with van der Waals surface area (Å²) in [4.78, 5) is 11.9. The monoisotopic (exact) mass is 257 g/mol. The Balaban J connectivity index is 2.27. The van der Waals surface area contributed by atoms with Gasteiger partial charge in [-0.1, -0.05) is 26.2 Å². The van der Waals surface area contributed by atoms with E-state index in [1.807, 2.05) is 0 Å². The van der Waals surface area contributed by atoms with Gasteiger partial charge in [-0.25, -0.2) is 4.79 Å². The van der Waals surface area contributed by atoms with Gasteiger partial charge in [0, 0.05) is 6.61 Å². The quantitative estimate of drug-likeness (QED) is 0.481. The summed E-state index contributed by atoms with van der Waals surface area (Å²) in [7, 11) is 0. The maximum Gasteiger partial charge on any atom is 0.328 e. The summed E-state index contributed by atoms with van der Waals surface area (Å²) in [5, 5.41) is 0. The lowest BCUT2D eigenvalue weighted by molar-refractivity contribution is -0.153. The molecule has 1 atom stereocenters. The van der Waals surface area contributed by atoms with Gasteiger partial charge in [0.2, 0.25) is 0 Å². The normalized spacial score (nSPS) is 18.4. The molecule has 1 fully saturated rings. The maximum atomic E-state index is 11.9. The summed E-state index contributed by atoms with van der Waals surface area (Å²) in [5.41, 5.74) is 5.26. The van der Waals surface area contributed by atoms with E-state index < -0.39 is 5.54 Å². The molecule has 1 aliphatic rings. The number of ether oxygens (including phenoxy) is 2. The predicted molar refractivity (Wildman–Crippen MR) is 71.2 cm³/mol. The van der Waals surface area contributed by atoms with Crippen molar-refractivity contribution in [3.05, 3.63) is 0 Å². The van der Waals surface area contributed by atoms with Crippen LogP contribution in [0.25, 0.3) is 0 Å². The van der Waals surface area contributed by atoms with Crippen molar-refractivity contribution in [1.29, 1.82) is 0 Å². The van der Waals surface area contributed by atoms with Crippen molar-refractivity contribution in [2.24, 2.45) is 11.7 Å². The lowest BCUT2D eigenvalue weighted by Crippen LogP contribution is -2.55. The highest BCUT2D eigenvalue weighted by Crippen LogP contribution is 2.39. The van der Waals surface area contributed by atoms with Crippen LogP contribution in [-0.4, -0.2) is 31.3 Å². The molecule has 0 radical (unpaired) electrons. The number of carbonyl (C=O) groups is 1. The van der Waals surface area contributed by atoms with Gasteiger partial charge in [-0.05, 0) is 32.1 Å². The molecule has 0 amide bonds. The van der Waals surface area contributed by atoms with Crippen LogP contribution in [0.1, 0.15) is 52.4 Å². The van der Waals surface area contributed by atoms with Crippen molar-refractivity contribution in [2.75, 3.05) is 19.8 Å². The summed E-state index contributed by atoms with van der Waals surface area (Å²) < 4.78 is 10.6. The van der Waals surface area contributed by atoms with Gasteiger partial charge in [0.1, 0.15) is 5.54 Å². The van der Waals surface area contributed by atoms with E-state index in [4.69, 9.17) is 15.2 Å². The van der Waals surface area contributed by atoms with Gasteiger partial charge in [0.25, 0.3) is 0 Å². The van der Waals surface area contributed by atoms with Crippen LogP contribution in [0.5, 0.6) is 0 Å². The summed E-state index contributed by atoms with van der Waals surface area (Å²) in [6.07, 6.45) is 6.68. The first-order chi connectivity index (χ1) is 8.65. The fraction of sp³-hybridized carbons (Fsp3) is 0.929. The van der Waals surface area contributed by atoms with E-state index in [0.717, 1.165) is 19.3 Å². The van der Waals surface area contributed by atoms with Crippen LogP contribution in [0.2, 0.25) is 0 Å². The zero-order chi connectivity index (χ0) is 13.4. The van der Waals surface area contributed by atoms with Gasteiger partial charge in [-0.2, -0.15) is 0 Å². The van der Waals surface area contributed by atoms with Crippen LogP contribution in [0, 0.1) is 5.92 Å². The summed E-state index contributed by atoms with van der Waals surface area (Å²) in [6, 6.07) is 0. The van der Waals surface area contributed by atoms with Crippen molar-refractivity contribution in [3.63, 3.8) is 0 Å². The fourth-order valence-corrected chi connectivity index (χ4v) is 2.08. The van der Waals surface area contributed by atoms with E-state index in [1.54, 1.807) is 6.92 Å². The van der Waals surface area contributed by atoms with Gasteiger partial charge in [-0.15, -0.1) is 0 Å². The first-order valence-corrected chi connectivity index (χ1v) is 7.19. The van der Waals surface area contributed by atoms with Gasteiger partial charge in [-0.3, -0.25) is 0 Å². The molecule has 18 heavy (non-hydrogen) atoms. The molecule has 1 saturated carbocycles. The van der Waals surface area contributed by atoms with E-state index in [9.17, 15) is 4.79 Å². The standard InChI is InChI=1S/C14H27NO3/c1-3-5-6-7-10-17-11-14(15,12-8-9-12)13(16)18-4-2/h12H,3-11,15H2,1-2H3. The molecule has 0 aromatic carbocycles. The highest BCUT2D eigenvalue weighted by Gasteiger charge is 2.49. The number of rotatable bonds is 10. The first-order valence-electron chi connectivity index (χ1n) is 7.19. The topological polar surface area (TPSA) is 61.5 Å². The molecule has 1 aliphatic carbocycles. The largest absolute Gasteiger partial charge is 0.465 e. The molecule has 0 aromatic heterocycles. The third-order valence-electron chi connectivity index (χ3n) is 3.44. The second kappa shape index (κ2) is 7.74. The Bertz CT molecular complexity index is 253. The van der Waals surface area contributed by atoms with Crippen LogP contribution in [0.15, 0.2) is 0 Å². The van der Waals surface area contributed by atoms with Crippen molar-refractivity contribution >= 4 is 5.97 Å². The number of carbonyl (C=O) groups excluding carboxylic acids is 1. The molecule has 0 bridgehead atoms. The molecule has 0 aromatic rings. The van der Waals surface area contributed by atoms with Crippen molar-refractivity contribution in [1.82, 2.24) is 0 Å². The second-order valence-electron chi connectivity index (χ2n) is 5.15. The van der Waals surface area contributed by atoms with Gasteiger partial charge in [0.15, 0.2) is 0 Å². The van der Waals surface area contributed by atoms with Crippen LogP contribution in [0.4, 0.5) is 0 Å². The third-order valence-corrected chi connectivity index (χ3v) is 3.44. The molecule has 0 aliphatic heterocycles. The van der Waals surface area contributed by atoms with Crippen LogP contribution in [0.3, 0.4) is 0 Å². The van der Waals surface area contributed by atoms with Gasteiger partial charge < -0.3 is 15.2 Å². The van der Waals surface area contributed by atoms with E-state index in [1.165, 1.54) is 19.3 Å².